The summed E-state index contributed by atoms with van der Waals surface area (Å²) in [6, 6.07) is 0. The molecule has 0 fully saturated rings. The zero-order valence-corrected chi connectivity index (χ0v) is 23.8. The van der Waals surface area contributed by atoms with E-state index in [1.54, 1.807) is 0 Å². The van der Waals surface area contributed by atoms with Crippen molar-refractivity contribution in [1.82, 2.24) is 0 Å². The van der Waals surface area contributed by atoms with Gasteiger partial charge in [-0.3, -0.25) is 0 Å². The van der Waals surface area contributed by atoms with E-state index in [9.17, 15) is 0 Å². The molecule has 0 N–H and O–H groups in total. The molecule has 0 saturated heterocycles. The molecule has 0 atom stereocenters. The minimum absolute atomic E-state index is 1.08. The third-order valence-electron chi connectivity index (χ3n) is 3.98. The zero-order chi connectivity index (χ0) is 16.7. The molecule has 0 spiro atoms. The van der Waals surface area contributed by atoms with Crippen molar-refractivity contribution >= 4 is 49.4 Å². The SMILES string of the molecule is C[Si](C)(C)[CH]([Sn](=[Ni])[CH]([Si](C)(C)C)[Si](C)(C)C)[Si](C)(C)C. The summed E-state index contributed by atoms with van der Waals surface area (Å²) < 4.78 is 2.17. The fourth-order valence-corrected chi connectivity index (χ4v) is 99.0. The second-order valence-corrected chi connectivity index (χ2v) is 48.8. The molecule has 0 aliphatic heterocycles. The average Bonchev–Trinajstić information content (AvgIpc) is 1.88. The first kappa shape index (κ1) is 22.2. The van der Waals surface area contributed by atoms with E-state index < -0.39 is 49.4 Å². The van der Waals surface area contributed by atoms with E-state index in [2.05, 4.69) is 78.6 Å². The summed E-state index contributed by atoms with van der Waals surface area (Å²) in [7, 11) is -4.42. The molecular weight excluding hydrogens is 458 g/mol. The van der Waals surface area contributed by atoms with Gasteiger partial charge in [-0.1, -0.05) is 0 Å². The molecule has 0 aliphatic rings. The van der Waals surface area contributed by atoms with Crippen molar-refractivity contribution in [3.63, 3.8) is 0 Å². The van der Waals surface area contributed by atoms with Gasteiger partial charge in [0, 0.05) is 0 Å². The van der Waals surface area contributed by atoms with Crippen molar-refractivity contribution in [3.05, 3.63) is 0 Å². The van der Waals surface area contributed by atoms with Gasteiger partial charge in [-0.25, -0.2) is 0 Å². The van der Waals surface area contributed by atoms with Gasteiger partial charge < -0.3 is 0 Å². The van der Waals surface area contributed by atoms with E-state index in [0.717, 1.165) is 6.36 Å². The maximum atomic E-state index is 6.14. The van der Waals surface area contributed by atoms with Crippen LogP contribution in [0.25, 0.3) is 0 Å². The molecule has 0 bridgehead atoms. The Hall–Kier alpha value is 2.16. The molecular formula is C14H38NiSi4Sn. The molecule has 0 amide bonds. The van der Waals surface area contributed by atoms with Gasteiger partial charge in [-0.05, 0) is 0 Å². The van der Waals surface area contributed by atoms with Crippen molar-refractivity contribution in [2.75, 3.05) is 0 Å². The molecule has 0 aromatic heterocycles. The first-order valence-electron chi connectivity index (χ1n) is 7.89. The van der Waals surface area contributed by atoms with Crippen LogP contribution in [-0.4, -0.2) is 49.4 Å². The monoisotopic (exact) mass is 496 g/mol. The first-order chi connectivity index (χ1) is 8.40. The van der Waals surface area contributed by atoms with Crippen LogP contribution >= 0.6 is 0 Å². The minimum atomic E-state index is -1.74. The second-order valence-electron chi connectivity index (χ2n) is 10.7. The van der Waals surface area contributed by atoms with Crippen LogP contribution in [0.4, 0.5) is 0 Å². The first-order valence-corrected chi connectivity index (χ1v) is 29.7. The molecule has 0 heterocycles. The predicted molar refractivity (Wildman–Crippen MR) is 107 cm³/mol. The van der Waals surface area contributed by atoms with Crippen LogP contribution in [0.1, 0.15) is 0 Å². The van der Waals surface area contributed by atoms with Gasteiger partial charge in [0.15, 0.2) is 0 Å². The average molecular weight is 496 g/mol. The Morgan fingerprint density at radius 1 is 0.500 bits per heavy atom. The molecule has 0 radical (unpaired) electrons. The fraction of sp³-hybridized carbons (Fsp3) is 1.00. The molecule has 0 rings (SSSR count). The molecule has 0 aromatic rings. The summed E-state index contributed by atoms with van der Waals surface area (Å²) in [5.41, 5.74) is 0. The Bertz CT molecular complexity index is 293. The molecule has 6 heteroatoms. The Morgan fingerprint density at radius 3 is 0.750 bits per heavy atom. The maximum absolute atomic E-state index is 6.14. The Morgan fingerprint density at radius 2 is 0.650 bits per heavy atom. The Kier molecular flexibility index (Phi) is 7.71. The quantitative estimate of drug-likeness (QED) is 0.410. The van der Waals surface area contributed by atoms with Crippen LogP contribution in [0.3, 0.4) is 0 Å². The molecule has 0 unspecified atom stereocenters. The molecule has 0 aliphatic carbocycles. The standard InChI is InChI=1S/2C7H19Si2.Ni.Sn/c2*1-8(2,3)7-9(4,5)6;;/h2*7H,1-6H3;;. The molecule has 124 valence electrons. The van der Waals surface area contributed by atoms with Gasteiger partial charge in [0.25, 0.3) is 0 Å². The summed E-state index contributed by atoms with van der Waals surface area (Å²) in [5.74, 6) is 0. The van der Waals surface area contributed by atoms with E-state index in [-0.39, 0.29) is 0 Å². The van der Waals surface area contributed by atoms with Gasteiger partial charge in [-0.15, -0.1) is 0 Å². The van der Waals surface area contributed by atoms with Crippen molar-refractivity contribution in [2.45, 2.75) is 84.9 Å². The van der Waals surface area contributed by atoms with Gasteiger partial charge in [0.1, 0.15) is 0 Å². The molecule has 20 heavy (non-hydrogen) atoms. The van der Waals surface area contributed by atoms with E-state index in [0.29, 0.717) is 0 Å². The van der Waals surface area contributed by atoms with Crippen molar-refractivity contribution < 1.29 is 11.7 Å². The Balaban J connectivity index is 5.89. The molecule has 0 nitrogen and oxygen atoms in total. The fourth-order valence-electron chi connectivity index (χ4n) is 4.31. The van der Waals surface area contributed by atoms with Crippen LogP contribution in [0.5, 0.6) is 0 Å². The number of hydrogen-bond acceptors (Lipinski definition) is 0. The van der Waals surface area contributed by atoms with Crippen molar-refractivity contribution in [1.29, 1.82) is 0 Å². The van der Waals surface area contributed by atoms with Gasteiger partial charge in [0.05, 0.1) is 0 Å². The van der Waals surface area contributed by atoms with Crippen molar-refractivity contribution in [3.8, 4) is 0 Å². The van der Waals surface area contributed by atoms with Crippen LogP contribution < -0.4 is 0 Å². The van der Waals surface area contributed by atoms with Crippen LogP contribution in [0.2, 0.25) is 84.9 Å². The van der Waals surface area contributed by atoms with Crippen LogP contribution in [-0.2, 0) is 11.7 Å². The van der Waals surface area contributed by atoms with E-state index in [1.165, 1.54) is 0 Å². The van der Waals surface area contributed by atoms with Crippen LogP contribution in [0.15, 0.2) is 0 Å². The summed E-state index contributed by atoms with van der Waals surface area (Å²) in [4.78, 5) is 0. The van der Waals surface area contributed by atoms with E-state index >= 15 is 0 Å². The zero-order valence-electron chi connectivity index (χ0n) is 16.0. The summed E-state index contributed by atoms with van der Waals surface area (Å²) >= 11 is 4.40. The second kappa shape index (κ2) is 6.96. The number of hydrogen-bond donors (Lipinski definition) is 0. The molecule has 0 aromatic carbocycles. The normalized spacial score (nSPS) is 15.2. The van der Waals surface area contributed by atoms with Crippen LogP contribution in [0, 0.1) is 0 Å². The van der Waals surface area contributed by atoms with Gasteiger partial charge >= 0.3 is 146 Å². The van der Waals surface area contributed by atoms with Crippen molar-refractivity contribution in [2.24, 2.45) is 0 Å². The van der Waals surface area contributed by atoms with Gasteiger partial charge in [0.2, 0.25) is 0 Å². The summed E-state index contributed by atoms with van der Waals surface area (Å²) in [5, 5.41) is 0. The number of rotatable bonds is 6. The van der Waals surface area contributed by atoms with Gasteiger partial charge in [-0.2, -0.15) is 0 Å². The predicted octanol–water partition coefficient (Wildman–Crippen LogP) is 5.77. The third-order valence-corrected chi connectivity index (χ3v) is 72.3. The summed E-state index contributed by atoms with van der Waals surface area (Å²) in [6.07, 6.45) is 0. The van der Waals surface area contributed by atoms with E-state index in [1.807, 2.05) is 0 Å². The van der Waals surface area contributed by atoms with E-state index in [4.69, 9.17) is 11.7 Å². The topological polar surface area (TPSA) is 0 Å². The summed E-state index contributed by atoms with van der Waals surface area (Å²) in [6.45, 7) is 31.3. The Labute approximate surface area is 145 Å². The molecule has 0 saturated carbocycles. The third kappa shape index (κ3) is 6.34.